The molecule has 0 aromatic carbocycles. The zero-order chi connectivity index (χ0) is 18.3. The van der Waals surface area contributed by atoms with Crippen LogP contribution in [0.5, 0.6) is 0 Å². The van der Waals surface area contributed by atoms with E-state index in [9.17, 15) is 0 Å². The van der Waals surface area contributed by atoms with E-state index in [-0.39, 0.29) is 0 Å². The molecule has 0 fully saturated rings. The van der Waals surface area contributed by atoms with E-state index in [0.717, 1.165) is 6.61 Å². The SMILES string of the molecule is C=COCCOCCOCCCCCCCCCCCCCCCC. The van der Waals surface area contributed by atoms with E-state index >= 15 is 0 Å². The molecule has 0 amide bonds. The molecule has 0 spiro atoms. The second kappa shape index (κ2) is 23.5. The van der Waals surface area contributed by atoms with Gasteiger partial charge >= 0.3 is 0 Å². The molecule has 0 rings (SSSR count). The van der Waals surface area contributed by atoms with Crippen molar-refractivity contribution in [3.8, 4) is 0 Å². The molecular formula is C22H44O3. The highest BCUT2D eigenvalue weighted by Crippen LogP contribution is 2.12. The van der Waals surface area contributed by atoms with Crippen LogP contribution in [0.1, 0.15) is 96.8 Å². The van der Waals surface area contributed by atoms with Gasteiger partial charge in [0.25, 0.3) is 0 Å². The largest absolute Gasteiger partial charge is 0.499 e. The lowest BCUT2D eigenvalue weighted by molar-refractivity contribution is 0.0296. The maximum Gasteiger partial charge on any atom is 0.111 e. The summed E-state index contributed by atoms with van der Waals surface area (Å²) in [7, 11) is 0. The van der Waals surface area contributed by atoms with Crippen LogP contribution in [0.2, 0.25) is 0 Å². The average Bonchev–Trinajstić information content (AvgIpc) is 2.63. The first kappa shape index (κ1) is 24.5. The van der Waals surface area contributed by atoms with Crippen molar-refractivity contribution in [2.24, 2.45) is 0 Å². The third-order valence-corrected chi connectivity index (χ3v) is 4.48. The van der Waals surface area contributed by atoms with Gasteiger partial charge in [-0.05, 0) is 6.42 Å². The second-order valence-electron chi connectivity index (χ2n) is 6.86. The predicted molar refractivity (Wildman–Crippen MR) is 108 cm³/mol. The fraction of sp³-hybridized carbons (Fsp3) is 0.909. The standard InChI is InChI=1S/C22H44O3/c1-3-5-6-7-8-9-10-11-12-13-14-15-16-17-18-24-21-22-25-20-19-23-4-2/h4H,2-3,5-22H2,1H3. The molecule has 0 bridgehead atoms. The third-order valence-electron chi connectivity index (χ3n) is 4.48. The summed E-state index contributed by atoms with van der Waals surface area (Å²) in [5.74, 6) is 0. The number of unbranched alkanes of at least 4 members (excludes halogenated alkanes) is 13. The van der Waals surface area contributed by atoms with Gasteiger partial charge in [-0.2, -0.15) is 0 Å². The van der Waals surface area contributed by atoms with E-state index in [2.05, 4.69) is 13.5 Å². The van der Waals surface area contributed by atoms with E-state index in [1.165, 1.54) is 96.2 Å². The van der Waals surface area contributed by atoms with E-state index in [1.54, 1.807) is 0 Å². The van der Waals surface area contributed by atoms with Gasteiger partial charge in [-0.3, -0.25) is 0 Å². The topological polar surface area (TPSA) is 27.7 Å². The van der Waals surface area contributed by atoms with Crippen LogP contribution in [-0.2, 0) is 14.2 Å². The second-order valence-corrected chi connectivity index (χ2v) is 6.86. The fourth-order valence-corrected chi connectivity index (χ4v) is 2.91. The Labute approximate surface area is 157 Å². The summed E-state index contributed by atoms with van der Waals surface area (Å²) in [6.45, 7) is 9.15. The van der Waals surface area contributed by atoms with Crippen LogP contribution in [-0.4, -0.2) is 33.0 Å². The maximum atomic E-state index is 5.56. The molecular weight excluding hydrogens is 312 g/mol. The summed E-state index contributed by atoms with van der Waals surface area (Å²) in [5.41, 5.74) is 0. The Morgan fingerprint density at radius 3 is 1.40 bits per heavy atom. The molecule has 0 aromatic heterocycles. The minimum Gasteiger partial charge on any atom is -0.499 e. The van der Waals surface area contributed by atoms with E-state index in [4.69, 9.17) is 14.2 Å². The molecule has 0 saturated heterocycles. The monoisotopic (exact) mass is 356 g/mol. The first-order valence-corrected chi connectivity index (χ1v) is 10.8. The van der Waals surface area contributed by atoms with E-state index in [0.29, 0.717) is 26.4 Å². The molecule has 0 aliphatic carbocycles. The molecule has 0 aromatic rings. The lowest BCUT2D eigenvalue weighted by atomic mass is 10.0. The summed E-state index contributed by atoms with van der Waals surface area (Å²) < 4.78 is 15.9. The molecule has 3 nitrogen and oxygen atoms in total. The Morgan fingerprint density at radius 1 is 0.520 bits per heavy atom. The van der Waals surface area contributed by atoms with Crippen molar-refractivity contribution in [3.05, 3.63) is 12.8 Å². The summed E-state index contributed by atoms with van der Waals surface area (Å²) in [6, 6.07) is 0. The highest BCUT2D eigenvalue weighted by molar-refractivity contribution is 4.50. The van der Waals surface area contributed by atoms with Crippen molar-refractivity contribution in [2.45, 2.75) is 96.8 Å². The molecule has 3 heteroatoms. The normalized spacial score (nSPS) is 10.9. The molecule has 0 atom stereocenters. The van der Waals surface area contributed by atoms with Gasteiger partial charge < -0.3 is 14.2 Å². The Balaban J connectivity index is 2.95. The summed E-state index contributed by atoms with van der Waals surface area (Å²) >= 11 is 0. The molecule has 25 heavy (non-hydrogen) atoms. The Kier molecular flexibility index (Phi) is 23.0. The molecule has 0 aliphatic heterocycles. The zero-order valence-corrected chi connectivity index (χ0v) is 16.9. The van der Waals surface area contributed by atoms with Crippen molar-refractivity contribution in [2.75, 3.05) is 33.0 Å². The maximum absolute atomic E-state index is 5.56. The van der Waals surface area contributed by atoms with Gasteiger partial charge in [-0.25, -0.2) is 0 Å². The zero-order valence-electron chi connectivity index (χ0n) is 16.9. The fourth-order valence-electron chi connectivity index (χ4n) is 2.91. The van der Waals surface area contributed by atoms with Gasteiger partial charge in [-0.15, -0.1) is 0 Å². The highest BCUT2D eigenvalue weighted by Gasteiger charge is 1.95. The van der Waals surface area contributed by atoms with Crippen LogP contribution < -0.4 is 0 Å². The smallest absolute Gasteiger partial charge is 0.111 e. The van der Waals surface area contributed by atoms with Gasteiger partial charge in [0.1, 0.15) is 6.61 Å². The van der Waals surface area contributed by atoms with Crippen LogP contribution in [0, 0.1) is 0 Å². The molecule has 0 N–H and O–H groups in total. The minimum atomic E-state index is 0.572. The van der Waals surface area contributed by atoms with E-state index in [1.807, 2.05) is 0 Å². The lowest BCUT2D eigenvalue weighted by Crippen LogP contribution is -2.08. The molecule has 0 heterocycles. The highest BCUT2D eigenvalue weighted by atomic mass is 16.5. The summed E-state index contributed by atoms with van der Waals surface area (Å²) in [6.07, 6.45) is 21.0. The van der Waals surface area contributed by atoms with Crippen molar-refractivity contribution in [1.29, 1.82) is 0 Å². The molecule has 0 radical (unpaired) electrons. The Morgan fingerprint density at radius 2 is 0.920 bits per heavy atom. The van der Waals surface area contributed by atoms with Crippen LogP contribution in [0.4, 0.5) is 0 Å². The molecule has 0 aliphatic rings. The number of hydrogen-bond acceptors (Lipinski definition) is 3. The predicted octanol–water partition coefficient (Wildman–Crippen LogP) is 6.66. The van der Waals surface area contributed by atoms with Crippen LogP contribution in [0.3, 0.4) is 0 Å². The quantitative estimate of drug-likeness (QED) is 0.160. The van der Waals surface area contributed by atoms with Crippen molar-refractivity contribution in [3.63, 3.8) is 0 Å². The van der Waals surface area contributed by atoms with Crippen molar-refractivity contribution < 1.29 is 14.2 Å². The van der Waals surface area contributed by atoms with Gasteiger partial charge in [0.2, 0.25) is 0 Å². The number of rotatable bonds is 22. The number of ether oxygens (including phenoxy) is 3. The van der Waals surface area contributed by atoms with Crippen molar-refractivity contribution >= 4 is 0 Å². The first-order chi connectivity index (χ1) is 12.4. The van der Waals surface area contributed by atoms with Crippen LogP contribution in [0.25, 0.3) is 0 Å². The third kappa shape index (κ3) is 23.5. The molecule has 0 saturated carbocycles. The summed E-state index contributed by atoms with van der Waals surface area (Å²) in [4.78, 5) is 0. The van der Waals surface area contributed by atoms with Crippen molar-refractivity contribution in [1.82, 2.24) is 0 Å². The average molecular weight is 357 g/mol. The number of hydrogen-bond donors (Lipinski definition) is 0. The lowest BCUT2D eigenvalue weighted by Gasteiger charge is -2.06. The molecule has 150 valence electrons. The molecule has 0 unspecified atom stereocenters. The van der Waals surface area contributed by atoms with Crippen LogP contribution in [0.15, 0.2) is 12.8 Å². The summed E-state index contributed by atoms with van der Waals surface area (Å²) in [5, 5.41) is 0. The Hall–Kier alpha value is -0.540. The van der Waals surface area contributed by atoms with Gasteiger partial charge in [0.15, 0.2) is 0 Å². The van der Waals surface area contributed by atoms with Gasteiger partial charge in [-0.1, -0.05) is 97.0 Å². The van der Waals surface area contributed by atoms with Gasteiger partial charge in [0, 0.05) is 6.61 Å². The minimum absolute atomic E-state index is 0.572. The Bertz CT molecular complexity index is 243. The van der Waals surface area contributed by atoms with Crippen LogP contribution >= 0.6 is 0 Å². The van der Waals surface area contributed by atoms with Gasteiger partial charge in [0.05, 0.1) is 26.1 Å². The van der Waals surface area contributed by atoms with E-state index < -0.39 is 0 Å². The first-order valence-electron chi connectivity index (χ1n) is 10.8.